The number of hydrogen-bond acceptors (Lipinski definition) is 4. The number of hydrogen-bond donors (Lipinski definition) is 1. The molecule has 2 aliphatic heterocycles. The molecule has 0 saturated carbocycles. The Balaban J connectivity index is 1.03. The molecule has 2 aromatic carbocycles. The van der Waals surface area contributed by atoms with E-state index in [-0.39, 0.29) is 0 Å². The van der Waals surface area contributed by atoms with Gasteiger partial charge >= 0.3 is 0 Å². The van der Waals surface area contributed by atoms with Crippen LogP contribution in [0.15, 0.2) is 90.5 Å². The second-order valence-corrected chi connectivity index (χ2v) is 15.6. The molecule has 0 spiro atoms. The zero-order valence-corrected chi connectivity index (χ0v) is 31.1. The van der Waals surface area contributed by atoms with Crippen LogP contribution in [-0.2, 0) is 6.54 Å². The molecule has 0 amide bonds. The fourth-order valence-electron chi connectivity index (χ4n) is 6.52. The topological polar surface area (TPSA) is 24.3 Å². The second-order valence-electron chi connectivity index (χ2n) is 12.9. The molecule has 252 valence electrons. The number of aryl methyl sites for hydroxylation is 2. The molecule has 5 rings (SSSR count). The van der Waals surface area contributed by atoms with Gasteiger partial charge in [0.1, 0.15) is 0 Å². The van der Waals surface area contributed by atoms with Crippen molar-refractivity contribution in [3.63, 3.8) is 0 Å². The number of nitrogens with one attached hydrogen (secondary N) is 1. The van der Waals surface area contributed by atoms with E-state index in [1.807, 2.05) is 21.6 Å². The predicted octanol–water partition coefficient (Wildman–Crippen LogP) is 8.10. The van der Waals surface area contributed by atoms with Crippen molar-refractivity contribution in [3.8, 4) is 0 Å². The van der Waals surface area contributed by atoms with E-state index in [0.717, 1.165) is 24.6 Å². The highest BCUT2D eigenvalue weighted by Gasteiger charge is 2.14. The summed E-state index contributed by atoms with van der Waals surface area (Å²) in [4.78, 5) is 8.56. The maximum Gasteiger partial charge on any atom is 0.179 e. The van der Waals surface area contributed by atoms with Crippen molar-refractivity contribution < 1.29 is 9.56 Å². The molecular weight excluding hydrogens is 625 g/mol. The summed E-state index contributed by atoms with van der Waals surface area (Å²) < 4.78 is 2.44. The first kappa shape index (κ1) is 35.8. The normalized spacial score (nSPS) is 16.1. The number of nitrogens with zero attached hydrogens (tertiary/aromatic N) is 3. The molecule has 3 aromatic rings. The van der Waals surface area contributed by atoms with Crippen LogP contribution in [0, 0.1) is 13.8 Å². The first-order chi connectivity index (χ1) is 23.5. The lowest BCUT2D eigenvalue weighted by Crippen LogP contribution is -2.72. The minimum atomic E-state index is 0.956. The first-order valence-corrected chi connectivity index (χ1v) is 20.2. The van der Waals surface area contributed by atoms with Crippen LogP contribution in [-0.4, -0.2) is 49.9 Å². The maximum absolute atomic E-state index is 3.60. The van der Waals surface area contributed by atoms with Crippen molar-refractivity contribution in [2.75, 3.05) is 54.0 Å². The van der Waals surface area contributed by atoms with Crippen LogP contribution in [0.1, 0.15) is 67.6 Å². The fourth-order valence-corrected chi connectivity index (χ4v) is 8.38. The number of aromatic nitrogens is 1. The monoisotopic (exact) mass is 678 g/mol. The average Bonchev–Trinajstić information content (AvgIpc) is 3.83. The summed E-state index contributed by atoms with van der Waals surface area (Å²) in [7, 11) is 3.92. The Morgan fingerprint density at radius 3 is 1.79 bits per heavy atom. The molecule has 1 N–H and O–H groups in total. The Morgan fingerprint density at radius 2 is 1.23 bits per heavy atom. The number of allylic oxidation sites excluding steroid dienone is 5. The third-order valence-electron chi connectivity index (χ3n) is 9.08. The second kappa shape index (κ2) is 18.9. The van der Waals surface area contributed by atoms with Gasteiger partial charge < -0.3 is 9.80 Å². The number of rotatable bonds is 15. The van der Waals surface area contributed by atoms with Crippen LogP contribution < -0.4 is 19.4 Å². The van der Waals surface area contributed by atoms with Crippen molar-refractivity contribution in [3.05, 3.63) is 119 Å². The van der Waals surface area contributed by atoms with Crippen LogP contribution >= 0.6 is 21.6 Å². The van der Waals surface area contributed by atoms with Gasteiger partial charge in [-0.15, -0.1) is 0 Å². The van der Waals surface area contributed by atoms with Gasteiger partial charge in [-0.05, 0) is 79.1 Å². The zero-order chi connectivity index (χ0) is 33.6. The number of benzene rings is 2. The van der Waals surface area contributed by atoms with Crippen molar-refractivity contribution in [1.29, 1.82) is 0 Å². The van der Waals surface area contributed by atoms with Gasteiger partial charge in [0, 0.05) is 76.5 Å². The summed E-state index contributed by atoms with van der Waals surface area (Å²) in [6, 6.07) is 22.6. The minimum absolute atomic E-state index is 0.956. The third-order valence-corrected chi connectivity index (χ3v) is 11.5. The van der Waals surface area contributed by atoms with E-state index in [4.69, 9.17) is 0 Å². The molecule has 0 radical (unpaired) electrons. The molecule has 3 heterocycles. The van der Waals surface area contributed by atoms with E-state index in [1.165, 1.54) is 103 Å². The highest BCUT2D eigenvalue weighted by Crippen LogP contribution is 2.23. The SMILES string of the molecule is C/C=C/C(/C=C/c1ccc(N2CCCC2)cc1)=C\C(C)=[NH+]CCSSCC[n+]1c(C)cc(/C=C/c2ccc(N3CCCC3)cc2)cc1C. The molecule has 48 heavy (non-hydrogen) atoms. The maximum atomic E-state index is 3.60. The standard InChI is InChI=1S/C42H53N4S2/c1-5-10-39(13-11-37-15-19-41(20-16-37)44-24-6-7-25-44)31-34(2)43-23-29-47-48-30-28-46-35(3)32-40(33-36(46)4)14-12-38-17-21-42(22-18-38)45-26-8-9-27-45/h5,10-22,31-33H,6-9,23-30H2,1-4H3/q+1/p+1/b10-5+,13-11+,39-31+,43-34?. The van der Waals surface area contributed by atoms with Gasteiger partial charge in [-0.1, -0.05) is 82.3 Å². The molecule has 2 fully saturated rings. The lowest BCUT2D eigenvalue weighted by Gasteiger charge is -2.17. The summed E-state index contributed by atoms with van der Waals surface area (Å²) in [5, 5.41) is 0. The molecule has 0 bridgehead atoms. The minimum Gasteiger partial charge on any atom is -0.372 e. The molecule has 0 aliphatic carbocycles. The lowest BCUT2D eigenvalue weighted by molar-refractivity contribution is -0.704. The molecule has 0 unspecified atom stereocenters. The van der Waals surface area contributed by atoms with Gasteiger partial charge in [0.25, 0.3) is 0 Å². The predicted molar refractivity (Wildman–Crippen MR) is 214 cm³/mol. The Hall–Kier alpha value is -3.48. The molecule has 2 saturated heterocycles. The van der Waals surface area contributed by atoms with E-state index < -0.39 is 0 Å². The van der Waals surface area contributed by atoms with Crippen LogP contribution in [0.4, 0.5) is 11.4 Å². The van der Waals surface area contributed by atoms with Gasteiger partial charge in [0.2, 0.25) is 0 Å². The van der Waals surface area contributed by atoms with Crippen LogP contribution in [0.5, 0.6) is 0 Å². The van der Waals surface area contributed by atoms with Gasteiger partial charge in [-0.25, -0.2) is 4.99 Å². The van der Waals surface area contributed by atoms with Gasteiger partial charge in [0.15, 0.2) is 30.2 Å². The Labute approximate surface area is 297 Å². The lowest BCUT2D eigenvalue weighted by atomic mass is 10.1. The molecular formula is C42H54N4S2+2. The highest BCUT2D eigenvalue weighted by atomic mass is 33.1. The third kappa shape index (κ3) is 11.0. The summed E-state index contributed by atoms with van der Waals surface area (Å²) in [5.41, 5.74) is 11.5. The quantitative estimate of drug-likeness (QED) is 0.0578. The summed E-state index contributed by atoms with van der Waals surface area (Å²) in [5.74, 6) is 2.16. The largest absolute Gasteiger partial charge is 0.372 e. The van der Waals surface area contributed by atoms with Crippen molar-refractivity contribution in [2.24, 2.45) is 0 Å². The van der Waals surface area contributed by atoms with Crippen LogP contribution in [0.25, 0.3) is 18.2 Å². The highest BCUT2D eigenvalue weighted by molar-refractivity contribution is 8.76. The Kier molecular flexibility index (Phi) is 14.1. The number of anilines is 2. The summed E-state index contributed by atoms with van der Waals surface area (Å²) >= 11 is 0. The molecule has 1 aromatic heterocycles. The zero-order valence-electron chi connectivity index (χ0n) is 29.5. The van der Waals surface area contributed by atoms with E-state index in [1.54, 1.807) is 0 Å². The van der Waals surface area contributed by atoms with Crippen molar-refractivity contribution in [2.45, 2.75) is 59.9 Å². The first-order valence-electron chi connectivity index (χ1n) is 17.7. The van der Waals surface area contributed by atoms with Gasteiger partial charge in [0.05, 0.1) is 11.5 Å². The molecule has 4 nitrogen and oxygen atoms in total. The molecule has 2 aliphatic rings. The number of pyridine rings is 1. The van der Waals surface area contributed by atoms with E-state index >= 15 is 0 Å². The van der Waals surface area contributed by atoms with E-state index in [0.29, 0.717) is 0 Å². The van der Waals surface area contributed by atoms with Gasteiger partial charge in [-0.3, -0.25) is 0 Å². The van der Waals surface area contributed by atoms with E-state index in [9.17, 15) is 0 Å². The van der Waals surface area contributed by atoms with Crippen LogP contribution in [0.3, 0.4) is 0 Å². The average molecular weight is 679 g/mol. The fraction of sp³-hybridized carbons (Fsp3) is 0.381. The smallest absolute Gasteiger partial charge is 0.179 e. The molecule has 6 heteroatoms. The van der Waals surface area contributed by atoms with Crippen molar-refractivity contribution >= 4 is 56.9 Å². The summed E-state index contributed by atoms with van der Waals surface area (Å²) in [6.07, 6.45) is 20.6. The summed E-state index contributed by atoms with van der Waals surface area (Å²) in [6.45, 7) is 15.4. The Morgan fingerprint density at radius 1 is 0.708 bits per heavy atom. The van der Waals surface area contributed by atoms with Crippen LogP contribution in [0.2, 0.25) is 0 Å². The Bertz CT molecular complexity index is 1580. The van der Waals surface area contributed by atoms with Crippen molar-refractivity contribution in [1.82, 2.24) is 0 Å². The van der Waals surface area contributed by atoms with E-state index in [2.05, 4.69) is 150 Å². The van der Waals surface area contributed by atoms with Gasteiger partial charge in [-0.2, -0.15) is 4.57 Å². The molecule has 0 atom stereocenters.